The first kappa shape index (κ1) is 16.7. The number of hydrogen-bond acceptors (Lipinski definition) is 4. The van der Waals surface area contributed by atoms with Crippen molar-refractivity contribution in [3.63, 3.8) is 0 Å². The first-order valence-corrected chi connectivity index (χ1v) is 7.89. The lowest BCUT2D eigenvalue weighted by Crippen LogP contribution is -2.34. The van der Waals surface area contributed by atoms with Gasteiger partial charge >= 0.3 is 6.18 Å². The van der Waals surface area contributed by atoms with Gasteiger partial charge in [0, 0.05) is 12.7 Å². The van der Waals surface area contributed by atoms with Gasteiger partial charge in [0.05, 0.1) is 12.1 Å². The molecule has 1 aliphatic rings. The number of nitrogens with two attached hydrogens (primary N) is 1. The molecule has 128 valence electrons. The van der Waals surface area contributed by atoms with Crippen LogP contribution in [0.15, 0.2) is 36.5 Å². The van der Waals surface area contributed by atoms with Crippen molar-refractivity contribution in [2.45, 2.75) is 31.5 Å². The number of benzene rings is 1. The minimum atomic E-state index is -4.31. The van der Waals surface area contributed by atoms with E-state index in [1.54, 1.807) is 18.3 Å². The van der Waals surface area contributed by atoms with Crippen LogP contribution in [-0.4, -0.2) is 28.0 Å². The van der Waals surface area contributed by atoms with E-state index in [1.807, 2.05) is 0 Å². The van der Waals surface area contributed by atoms with E-state index < -0.39 is 11.7 Å². The van der Waals surface area contributed by atoms with E-state index >= 15 is 0 Å². The molecular weight excluding hydrogens is 317 g/mol. The molecular formula is C17H19F3N4. The fourth-order valence-corrected chi connectivity index (χ4v) is 3.13. The Morgan fingerprint density at radius 2 is 2.08 bits per heavy atom. The zero-order chi connectivity index (χ0) is 17.2. The number of nitrogens with zero attached hydrogens (tertiary/aromatic N) is 3. The highest BCUT2D eigenvalue weighted by molar-refractivity contribution is 5.29. The zero-order valence-electron chi connectivity index (χ0n) is 13.1. The molecule has 24 heavy (non-hydrogen) atoms. The summed E-state index contributed by atoms with van der Waals surface area (Å²) in [4.78, 5) is 10.6. The fourth-order valence-electron chi connectivity index (χ4n) is 3.13. The predicted molar refractivity (Wildman–Crippen MR) is 85.1 cm³/mol. The number of hydrogen-bond donors (Lipinski definition) is 1. The molecule has 0 aliphatic carbocycles. The quantitative estimate of drug-likeness (QED) is 0.933. The highest BCUT2D eigenvalue weighted by Crippen LogP contribution is 2.33. The number of piperidine rings is 1. The molecule has 4 nitrogen and oxygen atoms in total. The SMILES string of the molecule is Nc1ccnc(CN2CCCC(c3cccc(C(F)(F)F)c3)C2)n1. The Morgan fingerprint density at radius 1 is 1.25 bits per heavy atom. The van der Waals surface area contributed by atoms with Gasteiger partial charge < -0.3 is 5.73 Å². The second-order valence-electron chi connectivity index (χ2n) is 6.10. The molecule has 0 amide bonds. The van der Waals surface area contributed by atoms with Crippen LogP contribution in [0.25, 0.3) is 0 Å². The lowest BCUT2D eigenvalue weighted by atomic mass is 9.89. The summed E-state index contributed by atoms with van der Waals surface area (Å²) >= 11 is 0. The van der Waals surface area contributed by atoms with Crippen molar-refractivity contribution < 1.29 is 13.2 Å². The molecule has 1 unspecified atom stereocenters. The van der Waals surface area contributed by atoms with Gasteiger partial charge in [-0.3, -0.25) is 4.90 Å². The molecule has 1 aromatic heterocycles. The average Bonchev–Trinajstić information content (AvgIpc) is 2.54. The van der Waals surface area contributed by atoms with Gasteiger partial charge in [-0.15, -0.1) is 0 Å². The summed E-state index contributed by atoms with van der Waals surface area (Å²) in [5, 5.41) is 0. The van der Waals surface area contributed by atoms with Crippen LogP contribution < -0.4 is 5.73 Å². The maximum atomic E-state index is 12.9. The lowest BCUT2D eigenvalue weighted by molar-refractivity contribution is -0.137. The van der Waals surface area contributed by atoms with Gasteiger partial charge in [-0.2, -0.15) is 13.2 Å². The van der Waals surface area contributed by atoms with E-state index in [4.69, 9.17) is 5.73 Å². The third kappa shape index (κ3) is 4.03. The van der Waals surface area contributed by atoms with E-state index in [1.165, 1.54) is 12.1 Å². The molecule has 1 atom stereocenters. The summed E-state index contributed by atoms with van der Waals surface area (Å²) in [6.45, 7) is 2.13. The summed E-state index contributed by atoms with van der Waals surface area (Å²) in [5.41, 5.74) is 5.82. The van der Waals surface area contributed by atoms with Gasteiger partial charge in [-0.25, -0.2) is 9.97 Å². The van der Waals surface area contributed by atoms with Crippen molar-refractivity contribution in [3.8, 4) is 0 Å². The number of nitrogen functional groups attached to an aromatic ring is 1. The van der Waals surface area contributed by atoms with Crippen molar-refractivity contribution in [1.29, 1.82) is 0 Å². The molecule has 1 aromatic carbocycles. The van der Waals surface area contributed by atoms with Crippen LogP contribution in [0.2, 0.25) is 0 Å². The number of anilines is 1. The molecule has 1 saturated heterocycles. The van der Waals surface area contributed by atoms with E-state index in [2.05, 4.69) is 14.9 Å². The predicted octanol–water partition coefficient (Wildman–Crippen LogP) is 3.46. The number of likely N-dealkylation sites (tertiary alicyclic amines) is 1. The van der Waals surface area contributed by atoms with Gasteiger partial charge in [0.2, 0.25) is 0 Å². The number of alkyl halides is 3. The van der Waals surface area contributed by atoms with Gasteiger partial charge in [-0.05, 0) is 43.0 Å². The van der Waals surface area contributed by atoms with Crippen LogP contribution in [0.3, 0.4) is 0 Å². The van der Waals surface area contributed by atoms with E-state index in [9.17, 15) is 13.2 Å². The number of rotatable bonds is 3. The Kier molecular flexibility index (Phi) is 4.71. The number of halogens is 3. The molecule has 1 fully saturated rings. The topological polar surface area (TPSA) is 55.0 Å². The third-order valence-corrected chi connectivity index (χ3v) is 4.28. The van der Waals surface area contributed by atoms with E-state index in [0.29, 0.717) is 24.7 Å². The first-order chi connectivity index (χ1) is 11.4. The van der Waals surface area contributed by atoms with Crippen molar-refractivity contribution in [3.05, 3.63) is 53.5 Å². The maximum absolute atomic E-state index is 12.9. The Hall–Kier alpha value is -2.15. The smallest absolute Gasteiger partial charge is 0.384 e. The van der Waals surface area contributed by atoms with Crippen LogP contribution in [0.1, 0.15) is 35.7 Å². The highest BCUT2D eigenvalue weighted by atomic mass is 19.4. The van der Waals surface area contributed by atoms with Gasteiger partial charge in [0.1, 0.15) is 11.6 Å². The summed E-state index contributed by atoms with van der Waals surface area (Å²) in [5.74, 6) is 1.15. The van der Waals surface area contributed by atoms with Crippen LogP contribution in [0.5, 0.6) is 0 Å². The van der Waals surface area contributed by atoms with E-state index in [-0.39, 0.29) is 5.92 Å². The molecule has 2 aromatic rings. The van der Waals surface area contributed by atoms with Gasteiger partial charge in [0.25, 0.3) is 0 Å². The molecule has 0 saturated carbocycles. The van der Waals surface area contributed by atoms with Crippen LogP contribution >= 0.6 is 0 Å². The molecule has 0 bridgehead atoms. The first-order valence-electron chi connectivity index (χ1n) is 7.89. The van der Waals surface area contributed by atoms with E-state index in [0.717, 1.165) is 31.0 Å². The molecule has 0 radical (unpaired) electrons. The molecule has 2 heterocycles. The fraction of sp³-hybridized carbons (Fsp3) is 0.412. The molecule has 2 N–H and O–H groups in total. The van der Waals surface area contributed by atoms with Crippen molar-refractivity contribution in [1.82, 2.24) is 14.9 Å². The normalized spacial score (nSPS) is 19.4. The van der Waals surface area contributed by atoms with Crippen LogP contribution in [0.4, 0.5) is 19.0 Å². The van der Waals surface area contributed by atoms with Crippen molar-refractivity contribution in [2.24, 2.45) is 0 Å². The molecule has 7 heteroatoms. The second kappa shape index (κ2) is 6.76. The third-order valence-electron chi connectivity index (χ3n) is 4.28. The Labute approximate surface area is 138 Å². The zero-order valence-corrected chi connectivity index (χ0v) is 13.1. The van der Waals surface area contributed by atoms with Crippen molar-refractivity contribution in [2.75, 3.05) is 18.8 Å². The minimum absolute atomic E-state index is 0.0853. The van der Waals surface area contributed by atoms with Crippen molar-refractivity contribution >= 4 is 5.82 Å². The monoisotopic (exact) mass is 336 g/mol. The van der Waals surface area contributed by atoms with Gasteiger partial charge in [-0.1, -0.05) is 18.2 Å². The standard InChI is InChI=1S/C17H19F3N4/c18-17(19,20)14-5-1-3-12(9-14)13-4-2-8-24(10-13)11-16-22-7-6-15(21)23-16/h1,3,5-7,9,13H,2,4,8,10-11H2,(H2,21,22,23). The second-order valence-corrected chi connectivity index (χ2v) is 6.10. The Morgan fingerprint density at radius 3 is 2.83 bits per heavy atom. The molecule has 1 aliphatic heterocycles. The number of aromatic nitrogens is 2. The molecule has 0 spiro atoms. The Balaban J connectivity index is 1.71. The highest BCUT2D eigenvalue weighted by Gasteiger charge is 2.31. The average molecular weight is 336 g/mol. The lowest BCUT2D eigenvalue weighted by Gasteiger charge is -2.32. The van der Waals surface area contributed by atoms with Crippen LogP contribution in [-0.2, 0) is 12.7 Å². The Bertz CT molecular complexity index is 702. The summed E-state index contributed by atoms with van der Waals surface area (Å²) < 4.78 is 38.7. The van der Waals surface area contributed by atoms with Crippen LogP contribution in [0, 0.1) is 0 Å². The summed E-state index contributed by atoms with van der Waals surface area (Å²) in [6.07, 6.45) is -0.871. The minimum Gasteiger partial charge on any atom is -0.384 e. The van der Waals surface area contributed by atoms with Gasteiger partial charge in [0.15, 0.2) is 0 Å². The molecule has 3 rings (SSSR count). The summed E-state index contributed by atoms with van der Waals surface area (Å²) in [6, 6.07) is 7.28. The maximum Gasteiger partial charge on any atom is 0.416 e. The largest absolute Gasteiger partial charge is 0.416 e. The summed E-state index contributed by atoms with van der Waals surface area (Å²) in [7, 11) is 0.